The van der Waals surface area contributed by atoms with Gasteiger partial charge in [-0.1, -0.05) is 0 Å². The van der Waals surface area contributed by atoms with Crippen molar-refractivity contribution in [1.82, 2.24) is 0 Å². The summed E-state index contributed by atoms with van der Waals surface area (Å²) in [6.07, 6.45) is 1.18. The number of hydrogen-bond acceptors (Lipinski definition) is 3. The molecule has 4 nitrogen and oxygen atoms in total. The molecule has 1 rings (SSSR count). The van der Waals surface area contributed by atoms with Crippen LogP contribution in [0.15, 0.2) is 12.1 Å². The molecule has 0 spiro atoms. The highest BCUT2D eigenvalue weighted by molar-refractivity contribution is 5.94. The fourth-order valence-electron chi connectivity index (χ4n) is 1.64. The van der Waals surface area contributed by atoms with Crippen molar-refractivity contribution < 1.29 is 9.53 Å². The molecule has 0 saturated carbocycles. The number of carbonyl (C=O) groups excluding carboxylic acids is 1. The van der Waals surface area contributed by atoms with Crippen LogP contribution < -0.4 is 11.1 Å². The van der Waals surface area contributed by atoms with Crippen molar-refractivity contribution in [2.75, 3.05) is 24.3 Å². The molecule has 100 valence electrons. The summed E-state index contributed by atoms with van der Waals surface area (Å²) in [5.74, 6) is -0.0235. The van der Waals surface area contributed by atoms with Gasteiger partial charge in [0.25, 0.3) is 0 Å². The van der Waals surface area contributed by atoms with Gasteiger partial charge in [0.1, 0.15) is 0 Å². The second-order valence-electron chi connectivity index (χ2n) is 4.37. The molecule has 0 aliphatic carbocycles. The first-order valence-corrected chi connectivity index (χ1v) is 6.29. The van der Waals surface area contributed by atoms with E-state index in [4.69, 9.17) is 10.5 Å². The normalized spacial score (nSPS) is 10.4. The molecule has 4 heteroatoms. The van der Waals surface area contributed by atoms with Crippen LogP contribution >= 0.6 is 0 Å². The molecule has 0 aromatic heterocycles. The summed E-state index contributed by atoms with van der Waals surface area (Å²) in [6.45, 7) is 7.24. The van der Waals surface area contributed by atoms with E-state index in [9.17, 15) is 4.79 Å². The van der Waals surface area contributed by atoms with E-state index in [1.54, 1.807) is 0 Å². The second-order valence-corrected chi connectivity index (χ2v) is 4.37. The number of carbonyl (C=O) groups is 1. The fraction of sp³-hybridized carbons (Fsp3) is 0.500. The number of rotatable bonds is 6. The molecule has 0 heterocycles. The zero-order valence-electron chi connectivity index (χ0n) is 11.4. The van der Waals surface area contributed by atoms with Gasteiger partial charge in [0.2, 0.25) is 5.91 Å². The topological polar surface area (TPSA) is 64.3 Å². The Labute approximate surface area is 109 Å². The molecule has 0 aliphatic heterocycles. The van der Waals surface area contributed by atoms with Gasteiger partial charge in [-0.15, -0.1) is 0 Å². The van der Waals surface area contributed by atoms with Gasteiger partial charge in [0, 0.05) is 19.6 Å². The number of hydrogen-bond donors (Lipinski definition) is 2. The maximum absolute atomic E-state index is 11.7. The van der Waals surface area contributed by atoms with Gasteiger partial charge in [-0.05, 0) is 50.5 Å². The molecule has 1 aromatic carbocycles. The van der Waals surface area contributed by atoms with E-state index >= 15 is 0 Å². The zero-order valence-corrected chi connectivity index (χ0v) is 11.4. The lowest BCUT2D eigenvalue weighted by Crippen LogP contribution is -2.14. The van der Waals surface area contributed by atoms with Crippen LogP contribution in [0.1, 0.15) is 30.9 Å². The number of benzene rings is 1. The molecule has 18 heavy (non-hydrogen) atoms. The number of anilines is 2. The van der Waals surface area contributed by atoms with Crippen LogP contribution in [-0.4, -0.2) is 19.1 Å². The van der Waals surface area contributed by atoms with Crippen LogP contribution in [-0.2, 0) is 9.53 Å². The average Bonchev–Trinajstić information content (AvgIpc) is 2.32. The Morgan fingerprint density at radius 2 is 2.00 bits per heavy atom. The number of nitrogen functional groups attached to an aromatic ring is 1. The second kappa shape index (κ2) is 7.01. The number of ether oxygens (including phenoxy) is 1. The van der Waals surface area contributed by atoms with Gasteiger partial charge in [-0.3, -0.25) is 4.79 Å². The van der Waals surface area contributed by atoms with Crippen molar-refractivity contribution in [3.8, 4) is 0 Å². The minimum atomic E-state index is -0.0235. The highest BCUT2D eigenvalue weighted by atomic mass is 16.5. The van der Waals surface area contributed by atoms with Crippen LogP contribution in [0.2, 0.25) is 0 Å². The molecular formula is C14H22N2O2. The minimum absolute atomic E-state index is 0.0235. The molecule has 0 atom stereocenters. The van der Waals surface area contributed by atoms with Crippen molar-refractivity contribution in [2.24, 2.45) is 0 Å². The summed E-state index contributed by atoms with van der Waals surface area (Å²) in [4.78, 5) is 11.7. The van der Waals surface area contributed by atoms with Gasteiger partial charge in [0.15, 0.2) is 0 Å². The van der Waals surface area contributed by atoms with Gasteiger partial charge >= 0.3 is 0 Å². The summed E-state index contributed by atoms with van der Waals surface area (Å²) >= 11 is 0. The third kappa shape index (κ3) is 4.37. The molecule has 0 aliphatic rings. The number of nitrogens with one attached hydrogen (secondary N) is 1. The van der Waals surface area contributed by atoms with Crippen molar-refractivity contribution in [3.05, 3.63) is 23.3 Å². The van der Waals surface area contributed by atoms with Crippen LogP contribution in [0.25, 0.3) is 0 Å². The first kappa shape index (κ1) is 14.5. The highest BCUT2D eigenvalue weighted by Crippen LogP contribution is 2.23. The predicted octanol–water partition coefficient (Wildman–Crippen LogP) is 2.64. The van der Waals surface area contributed by atoms with Crippen LogP contribution in [0.3, 0.4) is 0 Å². The van der Waals surface area contributed by atoms with Crippen LogP contribution in [0, 0.1) is 13.8 Å². The number of nitrogens with two attached hydrogens (primary N) is 1. The van der Waals surface area contributed by atoms with Gasteiger partial charge in [-0.2, -0.15) is 0 Å². The lowest BCUT2D eigenvalue weighted by molar-refractivity contribution is -0.116. The molecule has 1 amide bonds. The zero-order chi connectivity index (χ0) is 13.5. The maximum Gasteiger partial charge on any atom is 0.224 e. The smallest absolute Gasteiger partial charge is 0.224 e. The van der Waals surface area contributed by atoms with E-state index in [1.165, 1.54) is 0 Å². The standard InChI is InChI=1S/C14H22N2O2/c1-4-18-7-5-6-14(17)16-13-9-11(3)10(2)8-12(13)15/h8-9H,4-7,15H2,1-3H3,(H,16,17). The predicted molar refractivity (Wildman–Crippen MR) is 74.7 cm³/mol. The van der Waals surface area contributed by atoms with Gasteiger partial charge in [0.05, 0.1) is 11.4 Å². The summed E-state index contributed by atoms with van der Waals surface area (Å²) < 4.78 is 5.19. The van der Waals surface area contributed by atoms with Crippen molar-refractivity contribution in [1.29, 1.82) is 0 Å². The van der Waals surface area contributed by atoms with E-state index in [0.29, 0.717) is 31.0 Å². The van der Waals surface area contributed by atoms with E-state index in [1.807, 2.05) is 32.9 Å². The number of aryl methyl sites for hydroxylation is 2. The first-order valence-electron chi connectivity index (χ1n) is 6.29. The molecular weight excluding hydrogens is 228 g/mol. The Morgan fingerprint density at radius 1 is 1.33 bits per heavy atom. The van der Waals surface area contributed by atoms with E-state index in [-0.39, 0.29) is 5.91 Å². The monoisotopic (exact) mass is 250 g/mol. The van der Waals surface area contributed by atoms with Crippen molar-refractivity contribution >= 4 is 17.3 Å². The van der Waals surface area contributed by atoms with E-state index in [2.05, 4.69) is 5.32 Å². The molecule has 0 radical (unpaired) electrons. The van der Waals surface area contributed by atoms with Gasteiger partial charge in [-0.25, -0.2) is 0 Å². The maximum atomic E-state index is 11.7. The van der Waals surface area contributed by atoms with Crippen LogP contribution in [0.5, 0.6) is 0 Å². The fourth-order valence-corrected chi connectivity index (χ4v) is 1.64. The van der Waals surface area contributed by atoms with E-state index < -0.39 is 0 Å². The highest BCUT2D eigenvalue weighted by Gasteiger charge is 2.06. The van der Waals surface area contributed by atoms with Crippen molar-refractivity contribution in [3.63, 3.8) is 0 Å². The minimum Gasteiger partial charge on any atom is -0.397 e. The third-order valence-corrected chi connectivity index (χ3v) is 2.84. The Bertz CT molecular complexity index is 417. The Kier molecular flexibility index (Phi) is 5.65. The molecule has 0 bridgehead atoms. The molecule has 0 unspecified atom stereocenters. The van der Waals surface area contributed by atoms with E-state index in [0.717, 1.165) is 17.5 Å². The summed E-state index contributed by atoms with van der Waals surface area (Å²) in [6, 6.07) is 3.79. The average molecular weight is 250 g/mol. The Morgan fingerprint density at radius 3 is 2.67 bits per heavy atom. The van der Waals surface area contributed by atoms with Gasteiger partial charge < -0.3 is 15.8 Å². The lowest BCUT2D eigenvalue weighted by atomic mass is 10.1. The molecule has 0 saturated heterocycles. The third-order valence-electron chi connectivity index (χ3n) is 2.84. The quantitative estimate of drug-likeness (QED) is 0.602. The summed E-state index contributed by atoms with van der Waals surface area (Å²) in [7, 11) is 0. The summed E-state index contributed by atoms with van der Waals surface area (Å²) in [5.41, 5.74) is 9.42. The Balaban J connectivity index is 2.51. The van der Waals surface area contributed by atoms with Crippen molar-refractivity contribution in [2.45, 2.75) is 33.6 Å². The number of amides is 1. The molecule has 1 aromatic rings. The largest absolute Gasteiger partial charge is 0.397 e. The lowest BCUT2D eigenvalue weighted by Gasteiger charge is -2.11. The summed E-state index contributed by atoms with van der Waals surface area (Å²) in [5, 5.41) is 2.84. The SMILES string of the molecule is CCOCCCC(=O)Nc1cc(C)c(C)cc1N. The first-order chi connectivity index (χ1) is 8.54. The Hall–Kier alpha value is -1.55. The molecule has 0 fully saturated rings. The van der Waals surface area contributed by atoms with Crippen LogP contribution in [0.4, 0.5) is 11.4 Å². The molecule has 3 N–H and O–H groups in total.